The molecule has 3 heteroatoms. The molecule has 3 N–H and O–H groups in total. The summed E-state index contributed by atoms with van der Waals surface area (Å²) >= 11 is 0. The average Bonchev–Trinajstić information content (AvgIpc) is 2.98. The van der Waals surface area contributed by atoms with Gasteiger partial charge in [-0.3, -0.25) is 4.79 Å². The van der Waals surface area contributed by atoms with Crippen LogP contribution in [0.15, 0.2) is 0 Å². The summed E-state index contributed by atoms with van der Waals surface area (Å²) in [5, 5.41) is 3.09. The van der Waals surface area contributed by atoms with Crippen LogP contribution in [0.4, 0.5) is 0 Å². The Morgan fingerprint density at radius 1 is 1.38 bits per heavy atom. The van der Waals surface area contributed by atoms with E-state index >= 15 is 0 Å². The molecule has 0 saturated heterocycles. The van der Waals surface area contributed by atoms with E-state index in [1.54, 1.807) is 0 Å². The lowest BCUT2D eigenvalue weighted by atomic mass is 9.94. The van der Waals surface area contributed by atoms with E-state index in [2.05, 4.69) is 26.1 Å². The van der Waals surface area contributed by atoms with Gasteiger partial charge in [0.25, 0.3) is 0 Å². The van der Waals surface area contributed by atoms with Gasteiger partial charge in [0.1, 0.15) is 0 Å². The van der Waals surface area contributed by atoms with Gasteiger partial charge in [0.05, 0.1) is 0 Å². The third-order valence-corrected chi connectivity index (χ3v) is 3.33. The van der Waals surface area contributed by atoms with E-state index in [4.69, 9.17) is 5.73 Å². The number of carbonyl (C=O) groups excluding carboxylic acids is 1. The number of rotatable bonds is 7. The van der Waals surface area contributed by atoms with Gasteiger partial charge < -0.3 is 11.1 Å². The minimum absolute atomic E-state index is 0.176. The first kappa shape index (κ1) is 13.5. The van der Waals surface area contributed by atoms with Crippen LogP contribution in [-0.4, -0.2) is 18.5 Å². The molecule has 2 atom stereocenters. The molecule has 3 nitrogen and oxygen atoms in total. The fourth-order valence-electron chi connectivity index (χ4n) is 2.22. The normalized spacial score (nSPS) is 19.6. The Bertz CT molecular complexity index is 224. The van der Waals surface area contributed by atoms with Crippen LogP contribution in [0.5, 0.6) is 0 Å². The standard InChI is InChI=1S/C13H26N2O/c1-9(2)6-11(8-14)7-13(16)15-10(3)12-4-5-12/h9-12H,4-8,14H2,1-3H3,(H,15,16)/t10?,11-/m0/s1. The van der Waals surface area contributed by atoms with Gasteiger partial charge in [-0.05, 0) is 50.5 Å². The highest BCUT2D eigenvalue weighted by molar-refractivity contribution is 5.76. The fourth-order valence-corrected chi connectivity index (χ4v) is 2.22. The summed E-state index contributed by atoms with van der Waals surface area (Å²) in [4.78, 5) is 11.8. The van der Waals surface area contributed by atoms with Gasteiger partial charge in [-0.1, -0.05) is 13.8 Å². The molecular formula is C13H26N2O. The van der Waals surface area contributed by atoms with E-state index in [0.29, 0.717) is 30.8 Å². The van der Waals surface area contributed by atoms with Crippen LogP contribution < -0.4 is 11.1 Å². The molecule has 1 fully saturated rings. The van der Waals surface area contributed by atoms with Crippen molar-refractivity contribution in [2.75, 3.05) is 6.54 Å². The van der Waals surface area contributed by atoms with E-state index in [0.717, 1.165) is 12.3 Å². The van der Waals surface area contributed by atoms with E-state index in [-0.39, 0.29) is 5.91 Å². The molecular weight excluding hydrogens is 200 g/mol. The van der Waals surface area contributed by atoms with Gasteiger partial charge in [-0.2, -0.15) is 0 Å². The first-order valence-electron chi connectivity index (χ1n) is 6.52. The molecule has 1 rings (SSSR count). The molecule has 0 heterocycles. The Kier molecular flexibility index (Phi) is 5.26. The van der Waals surface area contributed by atoms with Gasteiger partial charge in [-0.15, -0.1) is 0 Å². The second-order valence-corrected chi connectivity index (χ2v) is 5.63. The zero-order valence-electron chi connectivity index (χ0n) is 10.8. The average molecular weight is 226 g/mol. The maximum absolute atomic E-state index is 11.8. The summed E-state index contributed by atoms with van der Waals surface area (Å²) in [6, 6.07) is 0.352. The van der Waals surface area contributed by atoms with E-state index in [1.165, 1.54) is 12.8 Å². The summed E-state index contributed by atoms with van der Waals surface area (Å²) in [6.45, 7) is 7.07. The maximum atomic E-state index is 11.8. The van der Waals surface area contributed by atoms with Crippen LogP contribution in [0.3, 0.4) is 0 Å². The lowest BCUT2D eigenvalue weighted by Gasteiger charge is -2.18. The zero-order chi connectivity index (χ0) is 12.1. The third kappa shape index (κ3) is 4.97. The second-order valence-electron chi connectivity index (χ2n) is 5.63. The summed E-state index contributed by atoms with van der Waals surface area (Å²) in [7, 11) is 0. The largest absolute Gasteiger partial charge is 0.353 e. The Morgan fingerprint density at radius 3 is 2.44 bits per heavy atom. The first-order chi connectivity index (χ1) is 7.52. The van der Waals surface area contributed by atoms with Crippen molar-refractivity contribution in [2.45, 2.75) is 52.5 Å². The first-order valence-corrected chi connectivity index (χ1v) is 6.52. The third-order valence-electron chi connectivity index (χ3n) is 3.33. The highest BCUT2D eigenvalue weighted by atomic mass is 16.1. The predicted molar refractivity (Wildman–Crippen MR) is 66.9 cm³/mol. The van der Waals surface area contributed by atoms with E-state index in [9.17, 15) is 4.79 Å². The molecule has 0 radical (unpaired) electrons. The quantitative estimate of drug-likeness (QED) is 0.697. The lowest BCUT2D eigenvalue weighted by molar-refractivity contribution is -0.122. The Labute approximate surface area is 99.2 Å². The van der Waals surface area contributed by atoms with Crippen molar-refractivity contribution < 1.29 is 4.79 Å². The molecule has 0 spiro atoms. The van der Waals surface area contributed by atoms with Gasteiger partial charge in [0.2, 0.25) is 5.91 Å². The van der Waals surface area contributed by atoms with Crippen molar-refractivity contribution in [3.8, 4) is 0 Å². The monoisotopic (exact) mass is 226 g/mol. The minimum atomic E-state index is 0.176. The molecule has 1 aliphatic carbocycles. The minimum Gasteiger partial charge on any atom is -0.353 e. The van der Waals surface area contributed by atoms with E-state index in [1.807, 2.05) is 0 Å². The number of hydrogen-bond acceptors (Lipinski definition) is 2. The van der Waals surface area contributed by atoms with Crippen molar-refractivity contribution in [1.82, 2.24) is 5.32 Å². The van der Waals surface area contributed by atoms with Crippen LogP contribution in [0, 0.1) is 17.8 Å². The highest BCUT2D eigenvalue weighted by Crippen LogP contribution is 2.32. The molecule has 1 aliphatic rings. The summed E-state index contributed by atoms with van der Waals surface area (Å²) in [6.07, 6.45) is 4.18. The van der Waals surface area contributed by atoms with Crippen molar-refractivity contribution in [3.05, 3.63) is 0 Å². The molecule has 16 heavy (non-hydrogen) atoms. The van der Waals surface area contributed by atoms with Crippen LogP contribution in [-0.2, 0) is 4.79 Å². The molecule has 1 unspecified atom stereocenters. The van der Waals surface area contributed by atoms with Crippen LogP contribution in [0.1, 0.15) is 46.5 Å². The van der Waals surface area contributed by atoms with Crippen molar-refractivity contribution in [3.63, 3.8) is 0 Å². The van der Waals surface area contributed by atoms with Gasteiger partial charge >= 0.3 is 0 Å². The number of nitrogens with one attached hydrogen (secondary N) is 1. The summed E-state index contributed by atoms with van der Waals surface area (Å²) in [5.41, 5.74) is 5.69. The van der Waals surface area contributed by atoms with Gasteiger partial charge in [0, 0.05) is 12.5 Å². The molecule has 1 amide bonds. The van der Waals surface area contributed by atoms with Crippen molar-refractivity contribution in [2.24, 2.45) is 23.5 Å². The van der Waals surface area contributed by atoms with Crippen molar-refractivity contribution in [1.29, 1.82) is 0 Å². The van der Waals surface area contributed by atoms with Crippen molar-refractivity contribution >= 4 is 5.91 Å². The Morgan fingerprint density at radius 2 is 2.00 bits per heavy atom. The number of hydrogen-bond donors (Lipinski definition) is 2. The molecule has 1 saturated carbocycles. The van der Waals surface area contributed by atoms with Crippen LogP contribution in [0.25, 0.3) is 0 Å². The molecule has 0 aliphatic heterocycles. The molecule has 0 bridgehead atoms. The second kappa shape index (κ2) is 6.24. The van der Waals surface area contributed by atoms with Crippen LogP contribution >= 0.6 is 0 Å². The van der Waals surface area contributed by atoms with Gasteiger partial charge in [0.15, 0.2) is 0 Å². The Hall–Kier alpha value is -0.570. The molecule has 0 aromatic carbocycles. The number of carbonyl (C=O) groups is 1. The number of nitrogens with two attached hydrogens (primary N) is 1. The summed E-state index contributed by atoms with van der Waals surface area (Å²) < 4.78 is 0. The predicted octanol–water partition coefficient (Wildman–Crippen LogP) is 1.91. The van der Waals surface area contributed by atoms with Crippen LogP contribution in [0.2, 0.25) is 0 Å². The van der Waals surface area contributed by atoms with Gasteiger partial charge in [-0.25, -0.2) is 0 Å². The number of amides is 1. The molecule has 94 valence electrons. The Balaban J connectivity index is 2.24. The smallest absolute Gasteiger partial charge is 0.220 e. The highest BCUT2D eigenvalue weighted by Gasteiger charge is 2.29. The molecule has 0 aromatic heterocycles. The maximum Gasteiger partial charge on any atom is 0.220 e. The fraction of sp³-hybridized carbons (Fsp3) is 0.923. The summed E-state index contributed by atoms with van der Waals surface area (Å²) in [5.74, 6) is 1.86. The van der Waals surface area contributed by atoms with E-state index < -0.39 is 0 Å². The lowest BCUT2D eigenvalue weighted by Crippen LogP contribution is -2.36. The zero-order valence-corrected chi connectivity index (χ0v) is 10.8. The molecule has 0 aromatic rings. The topological polar surface area (TPSA) is 55.1 Å². The SMILES string of the molecule is CC(C)C[C@H](CN)CC(=O)NC(C)C1CC1.